The maximum atomic E-state index is 9.97. The molecule has 0 bridgehead atoms. The monoisotopic (exact) mass is 270 g/mol. The van der Waals surface area contributed by atoms with Gasteiger partial charge in [0, 0.05) is 11.4 Å². The normalized spacial score (nSPS) is 12.7. The fraction of sp³-hybridized carbons (Fsp3) is 0.231. The molecule has 1 aromatic carbocycles. The van der Waals surface area contributed by atoms with E-state index in [0.29, 0.717) is 17.2 Å². The second-order valence-corrected chi connectivity index (χ2v) is 4.74. The Labute approximate surface area is 110 Å². The first-order valence-electron chi connectivity index (χ1n) is 5.24. The van der Waals surface area contributed by atoms with Gasteiger partial charge in [-0.05, 0) is 47.9 Å². The van der Waals surface area contributed by atoms with Crippen molar-refractivity contribution in [1.29, 1.82) is 0 Å². The van der Waals surface area contributed by atoms with Crippen LogP contribution in [-0.4, -0.2) is 5.11 Å². The highest BCUT2D eigenvalue weighted by Gasteiger charge is 2.14. The number of hydrogen-bond acceptors (Lipinski definition) is 2. The van der Waals surface area contributed by atoms with Crippen molar-refractivity contribution in [2.75, 3.05) is 0 Å². The molecule has 0 aliphatic heterocycles. The van der Waals surface area contributed by atoms with E-state index in [9.17, 15) is 5.11 Å². The zero-order chi connectivity index (χ0) is 12.4. The second-order valence-electron chi connectivity index (χ2n) is 3.96. The Bertz CT molecular complexity index is 520. The molecule has 0 fully saturated rings. The lowest BCUT2D eigenvalue weighted by atomic mass is 10.0. The maximum Gasteiger partial charge on any atom is 0.193 e. The predicted molar refractivity (Wildman–Crippen MR) is 68.6 cm³/mol. The van der Waals surface area contributed by atoms with Crippen molar-refractivity contribution in [1.82, 2.24) is 0 Å². The molecule has 1 N–H and O–H groups in total. The first-order valence-corrected chi connectivity index (χ1v) is 6.00. The predicted octanol–water partition coefficient (Wildman–Crippen LogP) is 4.17. The van der Waals surface area contributed by atoms with Gasteiger partial charge >= 0.3 is 0 Å². The van der Waals surface area contributed by atoms with Gasteiger partial charge in [-0.15, -0.1) is 0 Å². The Kier molecular flexibility index (Phi) is 3.77. The molecule has 2 aromatic rings. The van der Waals surface area contributed by atoms with Crippen LogP contribution in [0.5, 0.6) is 0 Å². The smallest absolute Gasteiger partial charge is 0.193 e. The lowest BCUT2D eigenvalue weighted by molar-refractivity contribution is 0.150. The summed E-state index contributed by atoms with van der Waals surface area (Å²) in [4.78, 5) is 0. The summed E-state index contributed by atoms with van der Waals surface area (Å²) in [5, 5.41) is 10.9. The largest absolute Gasteiger partial charge is 0.447 e. The number of halogens is 2. The molecule has 0 aliphatic rings. The van der Waals surface area contributed by atoms with Crippen molar-refractivity contribution in [3.05, 3.63) is 57.5 Å². The summed E-state index contributed by atoms with van der Waals surface area (Å²) in [6.07, 6.45) is -0.328. The van der Waals surface area contributed by atoms with Crippen LogP contribution in [0.4, 0.5) is 0 Å². The van der Waals surface area contributed by atoms with E-state index in [1.165, 1.54) is 0 Å². The molecule has 1 unspecified atom stereocenters. The van der Waals surface area contributed by atoms with Crippen LogP contribution in [0.1, 0.15) is 23.0 Å². The Morgan fingerprint density at radius 3 is 2.59 bits per heavy atom. The summed E-state index contributed by atoms with van der Waals surface area (Å²) in [6, 6.07) is 9.01. The second kappa shape index (κ2) is 5.13. The Balaban J connectivity index is 2.15. The molecule has 0 aliphatic carbocycles. The minimum absolute atomic E-state index is 0.272. The number of furan rings is 1. The van der Waals surface area contributed by atoms with Crippen LogP contribution in [0.3, 0.4) is 0 Å². The molecule has 90 valence electrons. The molecular formula is C13H12Cl2O2. The standard InChI is InChI=1S/C13H12Cl2O2/c1-8-2-3-9(10(14)6-8)7-11(16)12-4-5-13(15)17-12/h2-6,11,16H,7H2,1H3. The van der Waals surface area contributed by atoms with Crippen LogP contribution >= 0.6 is 23.2 Å². The minimum Gasteiger partial charge on any atom is -0.447 e. The van der Waals surface area contributed by atoms with Gasteiger partial charge in [0.05, 0.1) is 0 Å². The molecule has 2 rings (SSSR count). The highest BCUT2D eigenvalue weighted by Crippen LogP contribution is 2.26. The fourth-order valence-corrected chi connectivity index (χ4v) is 2.10. The number of aliphatic hydroxyl groups excluding tert-OH is 1. The SMILES string of the molecule is Cc1ccc(CC(O)c2ccc(Cl)o2)c(Cl)c1. The summed E-state index contributed by atoms with van der Waals surface area (Å²) in [5.74, 6) is 0.451. The lowest BCUT2D eigenvalue weighted by Gasteiger charge is -2.09. The van der Waals surface area contributed by atoms with E-state index in [4.69, 9.17) is 27.6 Å². The summed E-state index contributed by atoms with van der Waals surface area (Å²) >= 11 is 11.8. The number of aryl methyl sites for hydroxylation is 1. The molecular weight excluding hydrogens is 259 g/mol. The van der Waals surface area contributed by atoms with Gasteiger partial charge in [-0.25, -0.2) is 0 Å². The number of rotatable bonds is 3. The first-order chi connectivity index (χ1) is 8.06. The zero-order valence-corrected chi connectivity index (χ0v) is 10.8. The average molecular weight is 271 g/mol. The highest BCUT2D eigenvalue weighted by atomic mass is 35.5. The Morgan fingerprint density at radius 2 is 2.00 bits per heavy atom. The van der Waals surface area contributed by atoms with Crippen LogP contribution in [0.25, 0.3) is 0 Å². The van der Waals surface area contributed by atoms with Crippen LogP contribution in [0.15, 0.2) is 34.7 Å². The van der Waals surface area contributed by atoms with Crippen molar-refractivity contribution >= 4 is 23.2 Å². The van der Waals surface area contributed by atoms with Gasteiger partial charge in [-0.1, -0.05) is 23.7 Å². The lowest BCUT2D eigenvalue weighted by Crippen LogP contribution is -2.01. The summed E-state index contributed by atoms with van der Waals surface area (Å²) in [7, 11) is 0. The number of aliphatic hydroxyl groups is 1. The number of benzene rings is 1. The van der Waals surface area contributed by atoms with Crippen molar-refractivity contribution in [3.63, 3.8) is 0 Å². The van der Waals surface area contributed by atoms with Crippen molar-refractivity contribution in [2.24, 2.45) is 0 Å². The molecule has 0 radical (unpaired) electrons. The molecule has 0 spiro atoms. The Morgan fingerprint density at radius 1 is 1.24 bits per heavy atom. The van der Waals surface area contributed by atoms with Crippen LogP contribution in [-0.2, 0) is 6.42 Å². The van der Waals surface area contributed by atoms with Gasteiger partial charge < -0.3 is 9.52 Å². The van der Waals surface area contributed by atoms with Crippen LogP contribution in [0.2, 0.25) is 10.2 Å². The van der Waals surface area contributed by atoms with Gasteiger partial charge in [0.1, 0.15) is 11.9 Å². The number of hydrogen-bond donors (Lipinski definition) is 1. The third-order valence-corrected chi connectivity index (χ3v) is 3.10. The van der Waals surface area contributed by atoms with E-state index in [2.05, 4.69) is 0 Å². The van der Waals surface area contributed by atoms with Gasteiger partial charge in [0.15, 0.2) is 5.22 Å². The van der Waals surface area contributed by atoms with Crippen molar-refractivity contribution < 1.29 is 9.52 Å². The first kappa shape index (κ1) is 12.5. The molecule has 0 amide bonds. The van der Waals surface area contributed by atoms with E-state index < -0.39 is 6.10 Å². The minimum atomic E-state index is -0.734. The zero-order valence-electron chi connectivity index (χ0n) is 9.28. The summed E-state index contributed by atoms with van der Waals surface area (Å²) in [5.41, 5.74) is 1.98. The molecule has 2 nitrogen and oxygen atoms in total. The van der Waals surface area contributed by atoms with E-state index in [1.54, 1.807) is 12.1 Å². The van der Waals surface area contributed by atoms with Crippen LogP contribution < -0.4 is 0 Å². The van der Waals surface area contributed by atoms with E-state index in [1.807, 2.05) is 25.1 Å². The van der Waals surface area contributed by atoms with Crippen molar-refractivity contribution in [2.45, 2.75) is 19.4 Å². The molecule has 1 heterocycles. The van der Waals surface area contributed by atoms with Gasteiger partial charge in [0.25, 0.3) is 0 Å². The summed E-state index contributed by atoms with van der Waals surface area (Å²) < 4.78 is 5.15. The van der Waals surface area contributed by atoms with E-state index in [-0.39, 0.29) is 5.22 Å². The van der Waals surface area contributed by atoms with Gasteiger partial charge in [-0.2, -0.15) is 0 Å². The molecule has 4 heteroatoms. The van der Waals surface area contributed by atoms with E-state index >= 15 is 0 Å². The third-order valence-electron chi connectivity index (χ3n) is 2.54. The van der Waals surface area contributed by atoms with E-state index in [0.717, 1.165) is 11.1 Å². The Hall–Kier alpha value is -0.960. The highest BCUT2D eigenvalue weighted by molar-refractivity contribution is 6.31. The third kappa shape index (κ3) is 3.03. The topological polar surface area (TPSA) is 33.4 Å². The summed E-state index contributed by atoms with van der Waals surface area (Å²) in [6.45, 7) is 1.97. The van der Waals surface area contributed by atoms with Gasteiger partial charge in [-0.3, -0.25) is 0 Å². The molecule has 0 saturated carbocycles. The van der Waals surface area contributed by atoms with Gasteiger partial charge in [0.2, 0.25) is 0 Å². The molecule has 1 aromatic heterocycles. The fourth-order valence-electron chi connectivity index (χ4n) is 1.63. The molecule has 1 atom stereocenters. The molecule has 0 saturated heterocycles. The maximum absolute atomic E-state index is 9.97. The molecule has 17 heavy (non-hydrogen) atoms. The van der Waals surface area contributed by atoms with Crippen LogP contribution in [0, 0.1) is 6.92 Å². The van der Waals surface area contributed by atoms with Crippen molar-refractivity contribution in [3.8, 4) is 0 Å². The quantitative estimate of drug-likeness (QED) is 0.908. The average Bonchev–Trinajstić information content (AvgIpc) is 2.69.